The summed E-state index contributed by atoms with van der Waals surface area (Å²) in [5.41, 5.74) is -0.685. The maximum Gasteiger partial charge on any atom is 0.272 e. The van der Waals surface area contributed by atoms with Crippen LogP contribution in [0.5, 0.6) is 0 Å². The van der Waals surface area contributed by atoms with Crippen molar-refractivity contribution in [2.24, 2.45) is 5.92 Å². The average Bonchev–Trinajstić information content (AvgIpc) is 3.33. The van der Waals surface area contributed by atoms with Gasteiger partial charge < -0.3 is 20.0 Å². The molecule has 3 rings (SSSR count). The Morgan fingerprint density at radius 3 is 2.76 bits per heavy atom. The number of hydrogen-bond donors (Lipinski definition) is 2. The van der Waals surface area contributed by atoms with Crippen LogP contribution in [0.3, 0.4) is 0 Å². The van der Waals surface area contributed by atoms with Gasteiger partial charge in [0.1, 0.15) is 17.0 Å². The van der Waals surface area contributed by atoms with Crippen molar-refractivity contribution in [3.05, 3.63) is 41.6 Å². The second-order valence-electron chi connectivity index (χ2n) is 7.91. The summed E-state index contributed by atoms with van der Waals surface area (Å²) in [4.78, 5) is 39.5. The molecular formula is C20H27N5O4. The highest BCUT2D eigenvalue weighted by Crippen LogP contribution is 2.26. The fourth-order valence-electron chi connectivity index (χ4n) is 3.17. The molecular weight excluding hydrogens is 374 g/mol. The van der Waals surface area contributed by atoms with E-state index in [1.165, 1.54) is 21.9 Å². The Labute approximate surface area is 169 Å². The van der Waals surface area contributed by atoms with E-state index in [0.717, 1.165) is 6.42 Å². The Hall–Kier alpha value is -3.10. The Bertz CT molecular complexity index is 902. The van der Waals surface area contributed by atoms with E-state index in [-0.39, 0.29) is 36.3 Å². The Kier molecular flexibility index (Phi) is 5.76. The number of hydrogen-bond acceptors (Lipinski definition) is 5. The van der Waals surface area contributed by atoms with E-state index in [1.54, 1.807) is 26.1 Å². The zero-order valence-electron chi connectivity index (χ0n) is 17.2. The largest absolute Gasteiger partial charge is 0.467 e. The highest BCUT2D eigenvalue weighted by molar-refractivity contribution is 6.01. The van der Waals surface area contributed by atoms with E-state index in [9.17, 15) is 14.4 Å². The molecule has 1 unspecified atom stereocenters. The van der Waals surface area contributed by atoms with Gasteiger partial charge in [-0.15, -0.1) is 0 Å². The minimum atomic E-state index is -1.09. The first-order valence-electron chi connectivity index (χ1n) is 9.67. The molecule has 9 heteroatoms. The van der Waals surface area contributed by atoms with Crippen molar-refractivity contribution in [1.82, 2.24) is 25.3 Å². The summed E-state index contributed by atoms with van der Waals surface area (Å²) in [6, 6.07) is 4.94. The van der Waals surface area contributed by atoms with E-state index < -0.39 is 11.4 Å². The predicted molar refractivity (Wildman–Crippen MR) is 105 cm³/mol. The fraction of sp³-hybridized carbons (Fsp3) is 0.500. The molecule has 3 amide bonds. The highest BCUT2D eigenvalue weighted by Gasteiger charge is 2.46. The smallest absolute Gasteiger partial charge is 0.272 e. The van der Waals surface area contributed by atoms with Crippen molar-refractivity contribution in [1.29, 1.82) is 0 Å². The van der Waals surface area contributed by atoms with E-state index in [4.69, 9.17) is 4.42 Å². The lowest BCUT2D eigenvalue weighted by molar-refractivity contribution is -0.132. The van der Waals surface area contributed by atoms with Gasteiger partial charge in [0.15, 0.2) is 5.69 Å². The first-order chi connectivity index (χ1) is 13.7. The maximum atomic E-state index is 12.8. The molecule has 0 saturated carbocycles. The van der Waals surface area contributed by atoms with E-state index in [0.29, 0.717) is 18.2 Å². The first kappa shape index (κ1) is 20.6. The third-order valence-electron chi connectivity index (χ3n) is 5.23. The molecule has 2 aromatic rings. The third kappa shape index (κ3) is 4.18. The number of carbonyl (C=O) groups excluding carboxylic acids is 3. The summed E-state index contributed by atoms with van der Waals surface area (Å²) < 4.78 is 6.62. The van der Waals surface area contributed by atoms with Crippen LogP contribution in [-0.2, 0) is 17.9 Å². The average molecular weight is 401 g/mol. The molecule has 1 aliphatic rings. The number of nitrogens with one attached hydrogen (secondary N) is 2. The summed E-state index contributed by atoms with van der Waals surface area (Å²) in [5, 5.41) is 9.88. The molecule has 9 nitrogen and oxygen atoms in total. The lowest BCUT2D eigenvalue weighted by atomic mass is 9.95. The van der Waals surface area contributed by atoms with Gasteiger partial charge in [-0.3, -0.25) is 19.1 Å². The van der Waals surface area contributed by atoms with Crippen LogP contribution >= 0.6 is 0 Å². The van der Waals surface area contributed by atoms with Crippen molar-refractivity contribution < 1.29 is 18.8 Å². The zero-order valence-corrected chi connectivity index (χ0v) is 17.2. The Morgan fingerprint density at radius 1 is 1.34 bits per heavy atom. The number of amides is 3. The molecule has 0 aliphatic carbocycles. The Balaban J connectivity index is 1.73. The second-order valence-corrected chi connectivity index (χ2v) is 7.91. The normalized spacial score (nSPS) is 18.7. The van der Waals surface area contributed by atoms with Gasteiger partial charge in [-0.25, -0.2) is 0 Å². The van der Waals surface area contributed by atoms with E-state index in [1.807, 2.05) is 0 Å². The van der Waals surface area contributed by atoms with Gasteiger partial charge in [0, 0.05) is 19.7 Å². The van der Waals surface area contributed by atoms with Crippen molar-refractivity contribution in [3.63, 3.8) is 0 Å². The SMILES string of the molecule is CC(C)CCNC(=O)C1(C)Cn2nc(C(=O)NCc3ccco3)cc2C(=O)N1C. The number of rotatable bonds is 7. The van der Waals surface area contributed by atoms with Crippen LogP contribution in [0.4, 0.5) is 0 Å². The molecule has 0 fully saturated rings. The number of fused-ring (bicyclic) bond motifs is 1. The van der Waals surface area contributed by atoms with Crippen molar-refractivity contribution >= 4 is 17.7 Å². The van der Waals surface area contributed by atoms with Crippen LogP contribution < -0.4 is 10.6 Å². The molecule has 3 heterocycles. The predicted octanol–water partition coefficient (Wildman–Crippen LogP) is 1.41. The summed E-state index contributed by atoms with van der Waals surface area (Å²) >= 11 is 0. The fourth-order valence-corrected chi connectivity index (χ4v) is 3.17. The lowest BCUT2D eigenvalue weighted by Crippen LogP contribution is -2.62. The van der Waals surface area contributed by atoms with Gasteiger partial charge in [-0.1, -0.05) is 13.8 Å². The molecule has 0 radical (unpaired) electrons. The molecule has 0 aromatic carbocycles. The van der Waals surface area contributed by atoms with E-state index >= 15 is 0 Å². The summed E-state index contributed by atoms with van der Waals surface area (Å²) in [6.45, 7) is 6.80. The van der Waals surface area contributed by atoms with Gasteiger partial charge in [0.25, 0.3) is 11.8 Å². The van der Waals surface area contributed by atoms with Crippen molar-refractivity contribution in [2.45, 2.75) is 45.8 Å². The quantitative estimate of drug-likeness (QED) is 0.729. The number of nitrogens with zero attached hydrogens (tertiary/aromatic N) is 3. The maximum absolute atomic E-state index is 12.8. The molecule has 0 saturated heterocycles. The van der Waals surface area contributed by atoms with Gasteiger partial charge in [-0.05, 0) is 31.4 Å². The van der Waals surface area contributed by atoms with Crippen molar-refractivity contribution in [2.75, 3.05) is 13.6 Å². The van der Waals surface area contributed by atoms with Crippen LogP contribution in [0.2, 0.25) is 0 Å². The number of carbonyl (C=O) groups is 3. The van der Waals surface area contributed by atoms with Gasteiger partial charge in [0.2, 0.25) is 5.91 Å². The molecule has 29 heavy (non-hydrogen) atoms. The van der Waals surface area contributed by atoms with Gasteiger partial charge >= 0.3 is 0 Å². The number of aromatic nitrogens is 2. The Morgan fingerprint density at radius 2 is 2.10 bits per heavy atom. The topological polar surface area (TPSA) is 109 Å². The zero-order chi connectivity index (χ0) is 21.2. The third-order valence-corrected chi connectivity index (χ3v) is 5.23. The molecule has 1 atom stereocenters. The minimum absolute atomic E-state index is 0.123. The lowest BCUT2D eigenvalue weighted by Gasteiger charge is -2.40. The van der Waals surface area contributed by atoms with Gasteiger partial charge in [0.05, 0.1) is 19.4 Å². The molecule has 0 bridgehead atoms. The van der Waals surface area contributed by atoms with Gasteiger partial charge in [-0.2, -0.15) is 5.10 Å². The molecule has 0 spiro atoms. The van der Waals surface area contributed by atoms with Crippen LogP contribution in [0, 0.1) is 5.92 Å². The molecule has 1 aliphatic heterocycles. The van der Waals surface area contributed by atoms with Crippen LogP contribution in [0.1, 0.15) is 53.9 Å². The number of furan rings is 1. The summed E-state index contributed by atoms with van der Waals surface area (Å²) in [7, 11) is 1.59. The first-order valence-corrected chi connectivity index (χ1v) is 9.67. The molecule has 2 N–H and O–H groups in total. The summed E-state index contributed by atoms with van der Waals surface area (Å²) in [5.74, 6) is 0.0775. The molecule has 156 valence electrons. The van der Waals surface area contributed by atoms with Crippen LogP contribution in [-0.4, -0.2) is 51.5 Å². The highest BCUT2D eigenvalue weighted by atomic mass is 16.3. The summed E-state index contributed by atoms with van der Waals surface area (Å²) in [6.07, 6.45) is 2.38. The minimum Gasteiger partial charge on any atom is -0.467 e. The standard InChI is InChI=1S/C20H27N5O4/c1-13(2)7-8-21-19(28)20(3)12-25-16(18(27)24(20)4)10-15(23-25)17(26)22-11-14-6-5-9-29-14/h5-6,9-10,13H,7-8,11-12H2,1-4H3,(H,21,28)(H,22,26). The molecule has 2 aromatic heterocycles. The number of likely N-dealkylation sites (N-methyl/N-ethyl adjacent to an activating group) is 1. The van der Waals surface area contributed by atoms with Crippen molar-refractivity contribution in [3.8, 4) is 0 Å². The van der Waals surface area contributed by atoms with Crippen LogP contribution in [0.25, 0.3) is 0 Å². The van der Waals surface area contributed by atoms with Crippen LogP contribution in [0.15, 0.2) is 28.9 Å². The van der Waals surface area contributed by atoms with E-state index in [2.05, 4.69) is 29.6 Å². The monoisotopic (exact) mass is 401 g/mol. The second kappa shape index (κ2) is 8.10.